The number of hydrogen-bond acceptors (Lipinski definition) is 3. The first kappa shape index (κ1) is 10.9. The number of rotatable bonds is 4. The molecule has 2 saturated carbocycles. The molecule has 2 aliphatic carbocycles. The summed E-state index contributed by atoms with van der Waals surface area (Å²) in [5, 5.41) is 22.1. The van der Waals surface area contributed by atoms with Crippen LogP contribution >= 0.6 is 0 Å². The Labute approximate surface area is 89.7 Å². The van der Waals surface area contributed by atoms with Gasteiger partial charge in [0.15, 0.2) is 0 Å². The van der Waals surface area contributed by atoms with Crippen molar-refractivity contribution in [2.45, 2.75) is 50.2 Å². The van der Waals surface area contributed by atoms with Crippen LogP contribution in [-0.2, 0) is 4.79 Å². The number of hydrogen-bond donors (Lipinski definition) is 3. The second kappa shape index (κ2) is 4.10. The maximum atomic E-state index is 10.8. The highest BCUT2D eigenvalue weighted by atomic mass is 16.4. The Morgan fingerprint density at radius 3 is 2.47 bits per heavy atom. The van der Waals surface area contributed by atoms with E-state index in [2.05, 4.69) is 5.32 Å². The number of carboxylic acids is 1. The molecule has 0 aromatic heterocycles. The number of nitrogens with one attached hydrogen (secondary N) is 1. The highest BCUT2D eigenvalue weighted by Gasteiger charge is 2.38. The molecule has 2 rings (SSSR count). The molecule has 15 heavy (non-hydrogen) atoms. The second-order valence-corrected chi connectivity index (χ2v) is 4.94. The van der Waals surface area contributed by atoms with Gasteiger partial charge >= 0.3 is 5.97 Å². The quantitative estimate of drug-likeness (QED) is 0.644. The van der Waals surface area contributed by atoms with Crippen molar-refractivity contribution in [1.82, 2.24) is 5.32 Å². The second-order valence-electron chi connectivity index (χ2n) is 4.94. The third-order valence-electron chi connectivity index (χ3n) is 3.82. The largest absolute Gasteiger partial charge is 0.481 e. The summed E-state index contributed by atoms with van der Waals surface area (Å²) >= 11 is 0. The van der Waals surface area contributed by atoms with Gasteiger partial charge in [-0.3, -0.25) is 4.79 Å². The van der Waals surface area contributed by atoms with Crippen molar-refractivity contribution >= 4 is 5.97 Å². The number of aliphatic hydroxyl groups is 1. The lowest BCUT2D eigenvalue weighted by Gasteiger charge is -2.36. The zero-order valence-corrected chi connectivity index (χ0v) is 8.91. The normalized spacial score (nSPS) is 33.7. The van der Waals surface area contributed by atoms with Gasteiger partial charge in [-0.05, 0) is 25.7 Å². The first-order valence-electron chi connectivity index (χ1n) is 5.79. The fraction of sp³-hybridized carbons (Fsp3) is 0.909. The first-order valence-corrected chi connectivity index (χ1v) is 5.79. The van der Waals surface area contributed by atoms with Gasteiger partial charge in [-0.2, -0.15) is 0 Å². The van der Waals surface area contributed by atoms with Crippen LogP contribution in [0.3, 0.4) is 0 Å². The predicted molar refractivity (Wildman–Crippen MR) is 55.6 cm³/mol. The molecule has 2 unspecified atom stereocenters. The van der Waals surface area contributed by atoms with Gasteiger partial charge in [0.25, 0.3) is 0 Å². The van der Waals surface area contributed by atoms with E-state index in [-0.39, 0.29) is 12.0 Å². The molecule has 2 fully saturated rings. The van der Waals surface area contributed by atoms with E-state index in [0.29, 0.717) is 6.54 Å². The summed E-state index contributed by atoms with van der Waals surface area (Å²) in [4.78, 5) is 10.8. The van der Waals surface area contributed by atoms with Crippen LogP contribution < -0.4 is 5.32 Å². The maximum absolute atomic E-state index is 10.8. The van der Waals surface area contributed by atoms with E-state index in [9.17, 15) is 9.90 Å². The van der Waals surface area contributed by atoms with Crippen LogP contribution in [0.4, 0.5) is 0 Å². The SMILES string of the molecule is O=C(O)C1CCC1NCC1(O)CCCC1. The van der Waals surface area contributed by atoms with Crippen molar-refractivity contribution in [3.63, 3.8) is 0 Å². The van der Waals surface area contributed by atoms with Gasteiger partial charge in [0.1, 0.15) is 0 Å². The summed E-state index contributed by atoms with van der Waals surface area (Å²) in [6, 6.07) is 0.0760. The van der Waals surface area contributed by atoms with Crippen LogP contribution in [0.15, 0.2) is 0 Å². The third kappa shape index (κ3) is 2.32. The molecule has 3 N–H and O–H groups in total. The van der Waals surface area contributed by atoms with Crippen molar-refractivity contribution in [3.8, 4) is 0 Å². The summed E-state index contributed by atoms with van der Waals surface area (Å²) in [5.74, 6) is -0.952. The number of carbonyl (C=O) groups is 1. The molecule has 0 spiro atoms. The molecule has 0 heterocycles. The van der Waals surface area contributed by atoms with E-state index >= 15 is 0 Å². The molecule has 0 bridgehead atoms. The van der Waals surface area contributed by atoms with Crippen LogP contribution in [0.2, 0.25) is 0 Å². The molecule has 0 aromatic carbocycles. The summed E-state index contributed by atoms with van der Waals surface area (Å²) in [5.41, 5.74) is -0.571. The average molecular weight is 213 g/mol. The summed E-state index contributed by atoms with van der Waals surface area (Å²) in [6.45, 7) is 0.557. The molecule has 0 amide bonds. The molecule has 0 saturated heterocycles. The zero-order valence-electron chi connectivity index (χ0n) is 8.91. The fourth-order valence-electron chi connectivity index (χ4n) is 2.57. The predicted octanol–water partition coefficient (Wildman–Crippen LogP) is 0.744. The Balaban J connectivity index is 1.76. The van der Waals surface area contributed by atoms with Crippen molar-refractivity contribution < 1.29 is 15.0 Å². The minimum absolute atomic E-state index is 0.0760. The maximum Gasteiger partial charge on any atom is 0.308 e. The lowest BCUT2D eigenvalue weighted by atomic mass is 9.79. The molecule has 0 aliphatic heterocycles. The summed E-state index contributed by atoms with van der Waals surface area (Å²) in [6.07, 6.45) is 5.57. The molecule has 4 heteroatoms. The van der Waals surface area contributed by atoms with Crippen LogP contribution in [0.1, 0.15) is 38.5 Å². The van der Waals surface area contributed by atoms with E-state index in [1.54, 1.807) is 0 Å². The lowest BCUT2D eigenvalue weighted by molar-refractivity contribution is -0.146. The third-order valence-corrected chi connectivity index (χ3v) is 3.82. The van der Waals surface area contributed by atoms with E-state index in [0.717, 1.165) is 38.5 Å². The minimum Gasteiger partial charge on any atom is -0.481 e. The van der Waals surface area contributed by atoms with Crippen molar-refractivity contribution in [1.29, 1.82) is 0 Å². The summed E-state index contributed by atoms with van der Waals surface area (Å²) in [7, 11) is 0. The standard InChI is InChI=1S/C11H19NO3/c13-10(14)8-3-4-9(8)12-7-11(15)5-1-2-6-11/h8-9,12,15H,1-7H2,(H,13,14). The molecular formula is C11H19NO3. The minimum atomic E-state index is -0.711. The van der Waals surface area contributed by atoms with E-state index in [1.807, 2.05) is 0 Å². The van der Waals surface area contributed by atoms with Crippen LogP contribution in [0.5, 0.6) is 0 Å². The Hall–Kier alpha value is -0.610. The van der Waals surface area contributed by atoms with Crippen LogP contribution in [0, 0.1) is 5.92 Å². The van der Waals surface area contributed by atoms with Gasteiger partial charge < -0.3 is 15.5 Å². The summed E-state index contributed by atoms with van der Waals surface area (Å²) < 4.78 is 0. The Bertz CT molecular complexity index is 248. The molecule has 86 valence electrons. The number of aliphatic carboxylic acids is 1. The van der Waals surface area contributed by atoms with Crippen LogP contribution in [0.25, 0.3) is 0 Å². The van der Waals surface area contributed by atoms with E-state index in [1.165, 1.54) is 0 Å². The zero-order chi connectivity index (χ0) is 10.9. The monoisotopic (exact) mass is 213 g/mol. The van der Waals surface area contributed by atoms with E-state index in [4.69, 9.17) is 5.11 Å². The number of carboxylic acid groups (broad SMARTS) is 1. The van der Waals surface area contributed by atoms with Crippen LogP contribution in [-0.4, -0.2) is 34.4 Å². The first-order chi connectivity index (χ1) is 7.11. The van der Waals surface area contributed by atoms with Crippen molar-refractivity contribution in [3.05, 3.63) is 0 Å². The Morgan fingerprint density at radius 1 is 1.33 bits per heavy atom. The topological polar surface area (TPSA) is 69.6 Å². The molecule has 0 aromatic rings. The highest BCUT2D eigenvalue weighted by Crippen LogP contribution is 2.31. The van der Waals surface area contributed by atoms with Gasteiger partial charge in [-0.25, -0.2) is 0 Å². The molecule has 2 aliphatic rings. The van der Waals surface area contributed by atoms with Crippen molar-refractivity contribution in [2.24, 2.45) is 5.92 Å². The smallest absolute Gasteiger partial charge is 0.308 e. The molecular weight excluding hydrogens is 194 g/mol. The van der Waals surface area contributed by atoms with Gasteiger partial charge in [0, 0.05) is 12.6 Å². The lowest BCUT2D eigenvalue weighted by Crippen LogP contribution is -2.52. The molecule has 4 nitrogen and oxygen atoms in total. The Kier molecular flexibility index (Phi) is 2.98. The van der Waals surface area contributed by atoms with E-state index < -0.39 is 11.6 Å². The van der Waals surface area contributed by atoms with Crippen molar-refractivity contribution in [2.75, 3.05) is 6.54 Å². The Morgan fingerprint density at radius 2 is 2.00 bits per heavy atom. The molecule has 2 atom stereocenters. The van der Waals surface area contributed by atoms with Gasteiger partial charge in [-0.15, -0.1) is 0 Å². The van der Waals surface area contributed by atoms with Gasteiger partial charge in [0.2, 0.25) is 0 Å². The fourth-order valence-corrected chi connectivity index (χ4v) is 2.57. The van der Waals surface area contributed by atoms with Gasteiger partial charge in [-0.1, -0.05) is 12.8 Å². The highest BCUT2D eigenvalue weighted by molar-refractivity contribution is 5.72. The van der Waals surface area contributed by atoms with Gasteiger partial charge in [0.05, 0.1) is 11.5 Å². The molecule has 0 radical (unpaired) electrons. The average Bonchev–Trinajstić information content (AvgIpc) is 2.49.